The molecule has 1 aliphatic heterocycles. The minimum absolute atomic E-state index is 0.0531. The fourth-order valence-electron chi connectivity index (χ4n) is 10.6. The molecule has 3 aliphatic carbocycles. The molecule has 1 heterocycles. The molecule has 334 valence electrons. The number of hydrogen-bond donors (Lipinski definition) is 1. The zero-order valence-electron chi connectivity index (χ0n) is 36.2. The van der Waals surface area contributed by atoms with Gasteiger partial charge in [0.1, 0.15) is 30.5 Å². The predicted molar refractivity (Wildman–Crippen MR) is 217 cm³/mol. The third kappa shape index (κ3) is 7.81. The number of carbonyl (C=O) groups excluding carboxylic acids is 7. The van der Waals surface area contributed by atoms with Crippen molar-refractivity contribution in [1.29, 1.82) is 0 Å². The molecule has 4 fully saturated rings. The Morgan fingerprint density at radius 1 is 0.823 bits per heavy atom. The molecule has 0 amide bonds. The Bertz CT molecular complexity index is 2110. The van der Waals surface area contributed by atoms with Gasteiger partial charge in [0, 0.05) is 63.8 Å². The highest BCUT2D eigenvalue weighted by Gasteiger charge is 2.83. The van der Waals surface area contributed by atoms with Gasteiger partial charge in [0.2, 0.25) is 0 Å². The highest BCUT2D eigenvalue weighted by Crippen LogP contribution is 2.67. The number of benzene rings is 2. The van der Waals surface area contributed by atoms with E-state index in [9.17, 15) is 38.7 Å². The molecule has 4 bridgehead atoms. The molecule has 1 N–H and O–H groups in total. The SMILES string of the molecule is C=C1[C@@H](OC(=O)C[C@H](c2ccccc2)N(C)C)C[C@H](OC(C)=O)[C@@]2(COC(=O)c3ccccc3)[C@@H](OC(C)=O)[C@H](OC(C)=O)[C@]3(O)[C@@]4(C)CO[C@]3(C)C(=O)C[C@H]4[C@@H](OC(C)=O)[C@H]12. The first kappa shape index (κ1) is 46.1. The summed E-state index contributed by atoms with van der Waals surface area (Å²) in [5.41, 5.74) is -7.44. The van der Waals surface area contributed by atoms with E-state index in [0.717, 1.165) is 33.3 Å². The van der Waals surface area contributed by atoms with Crippen LogP contribution in [0.3, 0.4) is 0 Å². The van der Waals surface area contributed by atoms with E-state index in [1.54, 1.807) is 25.1 Å². The molecular formula is C46H55NO15. The number of hydrogen-bond acceptors (Lipinski definition) is 16. The van der Waals surface area contributed by atoms with E-state index in [1.807, 2.05) is 49.3 Å². The fraction of sp³-hybridized carbons (Fsp3) is 0.543. The van der Waals surface area contributed by atoms with Crippen LogP contribution in [0.4, 0.5) is 0 Å². The topological polar surface area (TPSA) is 208 Å². The van der Waals surface area contributed by atoms with Crippen molar-refractivity contribution in [2.24, 2.45) is 22.7 Å². The summed E-state index contributed by atoms with van der Waals surface area (Å²) in [6.45, 7) is 10.6. The van der Waals surface area contributed by atoms with Crippen LogP contribution in [-0.4, -0.2) is 121 Å². The molecule has 2 aromatic carbocycles. The van der Waals surface area contributed by atoms with Crippen molar-refractivity contribution < 1.29 is 71.8 Å². The third-order valence-corrected chi connectivity index (χ3v) is 13.5. The van der Waals surface area contributed by atoms with Crippen molar-refractivity contribution in [2.45, 2.75) is 109 Å². The highest BCUT2D eigenvalue weighted by molar-refractivity contribution is 5.92. The van der Waals surface area contributed by atoms with Gasteiger partial charge in [0.05, 0.1) is 24.0 Å². The lowest BCUT2D eigenvalue weighted by molar-refractivity contribution is -0.302. The lowest BCUT2D eigenvalue weighted by Gasteiger charge is -2.65. The lowest BCUT2D eigenvalue weighted by atomic mass is 9.43. The second-order valence-corrected chi connectivity index (χ2v) is 17.4. The summed E-state index contributed by atoms with van der Waals surface area (Å²) in [6.07, 6.45) is -9.27. The molecule has 1 saturated heterocycles. The molecular weight excluding hydrogens is 806 g/mol. The van der Waals surface area contributed by atoms with Gasteiger partial charge in [-0.1, -0.05) is 62.0 Å². The Kier molecular flexibility index (Phi) is 12.9. The van der Waals surface area contributed by atoms with E-state index in [2.05, 4.69) is 6.58 Å². The number of Topliss-reactive ketones (excluding diaryl/α,β-unsaturated/α-hetero) is 1. The Balaban J connectivity index is 1.63. The zero-order chi connectivity index (χ0) is 45.5. The average Bonchev–Trinajstić information content (AvgIpc) is 3.35. The maximum atomic E-state index is 14.5. The molecule has 0 radical (unpaired) electrons. The summed E-state index contributed by atoms with van der Waals surface area (Å²) >= 11 is 0. The summed E-state index contributed by atoms with van der Waals surface area (Å²) in [5.74, 6) is -8.52. The van der Waals surface area contributed by atoms with Crippen LogP contribution in [0, 0.1) is 22.7 Å². The normalized spacial score (nSPS) is 34.1. The average molecular weight is 862 g/mol. The van der Waals surface area contributed by atoms with E-state index >= 15 is 0 Å². The minimum Gasteiger partial charge on any atom is -0.462 e. The van der Waals surface area contributed by atoms with Crippen LogP contribution in [0.1, 0.15) is 82.8 Å². The van der Waals surface area contributed by atoms with Gasteiger partial charge in [-0.3, -0.25) is 28.8 Å². The molecule has 0 spiro atoms. The Hall–Kier alpha value is -5.45. The number of rotatable bonds is 12. The van der Waals surface area contributed by atoms with Crippen LogP contribution in [0.25, 0.3) is 0 Å². The predicted octanol–water partition coefficient (Wildman–Crippen LogP) is 3.87. The smallest absolute Gasteiger partial charge is 0.338 e. The first-order valence-corrected chi connectivity index (χ1v) is 20.5. The Morgan fingerprint density at radius 3 is 1.95 bits per heavy atom. The Morgan fingerprint density at radius 2 is 1.39 bits per heavy atom. The molecule has 0 aromatic heterocycles. The number of esters is 6. The standard InChI is InChI=1S/C46H55NO15/c1-25-34(62-37(53)21-33(47(8)9)30-16-12-10-13-17-30)22-36(58-26(2)48)45(24-56-42(54)31-18-14-11-15-19-31)38(25)39(59-27(3)49)32-20-35(52)44(7)46(55,43(32,6)23-57-44)41(61-29(5)51)40(45)60-28(4)50/h10-19,32-34,36,38-41,55H,1,20-24H2,2-9H3/t32-,33+,34-,36-,38-,39+,40-,41-,43-,44+,45+,46-/m0/s1. The van der Waals surface area contributed by atoms with E-state index in [0.29, 0.717) is 0 Å². The molecule has 62 heavy (non-hydrogen) atoms. The third-order valence-electron chi connectivity index (χ3n) is 13.5. The molecule has 3 saturated carbocycles. The number of nitrogens with zero attached hydrogens (tertiary/aromatic N) is 1. The van der Waals surface area contributed by atoms with Gasteiger partial charge in [-0.25, -0.2) is 4.79 Å². The zero-order valence-corrected chi connectivity index (χ0v) is 36.2. The van der Waals surface area contributed by atoms with Crippen LogP contribution >= 0.6 is 0 Å². The van der Waals surface area contributed by atoms with Crippen LogP contribution in [0.5, 0.6) is 0 Å². The van der Waals surface area contributed by atoms with Gasteiger partial charge in [0.25, 0.3) is 0 Å². The molecule has 4 aliphatic rings. The quantitative estimate of drug-likeness (QED) is 0.183. The number of carbonyl (C=O) groups is 7. The van der Waals surface area contributed by atoms with Crippen LogP contribution in [-0.2, 0) is 61.9 Å². The van der Waals surface area contributed by atoms with Crippen LogP contribution in [0.2, 0.25) is 0 Å². The number of fused-ring (bicyclic) bond motifs is 1. The van der Waals surface area contributed by atoms with Gasteiger partial charge in [-0.15, -0.1) is 0 Å². The number of aliphatic hydroxyl groups is 1. The Labute approximate surface area is 360 Å². The maximum Gasteiger partial charge on any atom is 0.338 e. The fourth-order valence-corrected chi connectivity index (χ4v) is 10.6. The highest BCUT2D eigenvalue weighted by atomic mass is 16.6. The van der Waals surface area contributed by atoms with Gasteiger partial charge in [0.15, 0.2) is 23.6 Å². The minimum atomic E-state index is -2.55. The van der Waals surface area contributed by atoms with Gasteiger partial charge < -0.3 is 43.2 Å². The molecule has 16 nitrogen and oxygen atoms in total. The summed E-state index contributed by atoms with van der Waals surface area (Å²) in [7, 11) is 3.62. The molecule has 6 rings (SSSR count). The molecule has 0 unspecified atom stereocenters. The summed E-state index contributed by atoms with van der Waals surface area (Å²) < 4.78 is 43.2. The van der Waals surface area contributed by atoms with E-state index in [-0.39, 0.29) is 37.0 Å². The first-order chi connectivity index (χ1) is 29.1. The first-order valence-electron chi connectivity index (χ1n) is 20.5. The second-order valence-electron chi connectivity index (χ2n) is 17.4. The van der Waals surface area contributed by atoms with Crippen LogP contribution in [0.15, 0.2) is 72.8 Å². The van der Waals surface area contributed by atoms with E-state index in [4.69, 9.17) is 33.2 Å². The number of ether oxygens (including phenoxy) is 7. The largest absolute Gasteiger partial charge is 0.462 e. The maximum absolute atomic E-state index is 14.5. The van der Waals surface area contributed by atoms with Crippen molar-refractivity contribution in [1.82, 2.24) is 4.90 Å². The molecule has 16 heteroatoms. The summed E-state index contributed by atoms with van der Waals surface area (Å²) in [5, 5.41) is 13.5. The monoisotopic (exact) mass is 861 g/mol. The second kappa shape index (κ2) is 17.4. The van der Waals surface area contributed by atoms with Crippen molar-refractivity contribution in [3.8, 4) is 0 Å². The molecule has 12 atom stereocenters. The van der Waals surface area contributed by atoms with Gasteiger partial charge in [-0.2, -0.15) is 0 Å². The van der Waals surface area contributed by atoms with Crippen molar-refractivity contribution >= 4 is 41.6 Å². The van der Waals surface area contributed by atoms with Gasteiger partial charge >= 0.3 is 35.8 Å². The van der Waals surface area contributed by atoms with Crippen LogP contribution < -0.4 is 0 Å². The van der Waals surface area contributed by atoms with E-state index in [1.165, 1.54) is 19.1 Å². The van der Waals surface area contributed by atoms with Crippen molar-refractivity contribution in [2.75, 3.05) is 27.3 Å². The number of ketones is 1. The summed E-state index contributed by atoms with van der Waals surface area (Å²) in [4.78, 5) is 98.0. The van der Waals surface area contributed by atoms with Crippen molar-refractivity contribution in [3.63, 3.8) is 0 Å². The van der Waals surface area contributed by atoms with Gasteiger partial charge in [-0.05, 0) is 44.3 Å². The lowest BCUT2D eigenvalue weighted by Crippen LogP contribution is -2.81. The van der Waals surface area contributed by atoms with Crippen molar-refractivity contribution in [3.05, 3.63) is 83.9 Å². The molecule has 2 aromatic rings. The van der Waals surface area contributed by atoms with E-state index < -0.39 is 119 Å². The summed E-state index contributed by atoms with van der Waals surface area (Å²) in [6, 6.07) is 16.7.